The molecule has 2 aromatic carbocycles. The number of aliphatic carboxylic acids is 1. The van der Waals surface area contributed by atoms with Crippen LogP contribution in [0.4, 0.5) is 13.2 Å². The van der Waals surface area contributed by atoms with Gasteiger partial charge in [0.1, 0.15) is 0 Å². The lowest BCUT2D eigenvalue weighted by atomic mass is 9.89. The van der Waals surface area contributed by atoms with Gasteiger partial charge in [-0.05, 0) is 85.6 Å². The quantitative estimate of drug-likeness (QED) is 0.549. The van der Waals surface area contributed by atoms with Gasteiger partial charge in [0.05, 0.1) is 6.54 Å². The molecule has 0 unspecified atom stereocenters. The molecule has 0 aromatic heterocycles. The van der Waals surface area contributed by atoms with E-state index in [1.54, 1.807) is 0 Å². The van der Waals surface area contributed by atoms with E-state index in [-0.39, 0.29) is 18.4 Å². The molecule has 0 saturated carbocycles. The number of carboxylic acids is 1. The summed E-state index contributed by atoms with van der Waals surface area (Å²) in [5.74, 6) is -2.50. The van der Waals surface area contributed by atoms with Gasteiger partial charge in [-0.3, -0.25) is 9.59 Å². The first-order chi connectivity index (χ1) is 17.5. The minimum atomic E-state index is -5.08. The van der Waals surface area contributed by atoms with Crippen LogP contribution in [-0.2, 0) is 22.4 Å². The number of amides is 2. The van der Waals surface area contributed by atoms with Crippen molar-refractivity contribution in [3.05, 3.63) is 69.7 Å². The molecule has 1 fully saturated rings. The van der Waals surface area contributed by atoms with Crippen molar-refractivity contribution >= 4 is 29.4 Å². The summed E-state index contributed by atoms with van der Waals surface area (Å²) >= 11 is 5.97. The van der Waals surface area contributed by atoms with Crippen molar-refractivity contribution in [1.29, 1.82) is 0 Å². The number of nitrogens with one attached hydrogen (secondary N) is 2. The number of carbonyl (C=O) groups excluding carboxylic acids is 2. The fraction of sp³-hybridized carbons (Fsp3) is 0.423. The van der Waals surface area contributed by atoms with Crippen LogP contribution in [0.2, 0.25) is 5.02 Å². The third kappa shape index (κ3) is 8.46. The molecule has 2 aliphatic heterocycles. The van der Waals surface area contributed by atoms with Crippen LogP contribution >= 0.6 is 11.6 Å². The SMILES string of the molecule is O=C(NCC(=O)N1CCC(c2ccc(Cl)cc2)CC1)c1ccc2c(c1)CCNCC2.O=C(O)C(F)(F)F. The number of carbonyl (C=O) groups is 3. The molecule has 0 bridgehead atoms. The minimum absolute atomic E-state index is 0.0168. The van der Waals surface area contributed by atoms with Gasteiger partial charge in [-0.2, -0.15) is 13.2 Å². The highest BCUT2D eigenvalue weighted by atomic mass is 35.5. The number of halogens is 4. The van der Waals surface area contributed by atoms with Crippen molar-refractivity contribution in [2.45, 2.75) is 37.8 Å². The zero-order chi connectivity index (χ0) is 27.0. The number of likely N-dealkylation sites (tertiary alicyclic amines) is 1. The van der Waals surface area contributed by atoms with E-state index in [0.29, 0.717) is 24.6 Å². The van der Waals surface area contributed by atoms with E-state index in [1.807, 2.05) is 35.2 Å². The van der Waals surface area contributed by atoms with Crippen LogP contribution in [0, 0.1) is 0 Å². The molecule has 2 aliphatic rings. The second-order valence-electron chi connectivity index (χ2n) is 8.93. The molecule has 2 heterocycles. The fourth-order valence-corrected chi connectivity index (χ4v) is 4.51. The van der Waals surface area contributed by atoms with Crippen molar-refractivity contribution in [3.8, 4) is 0 Å². The Kier molecular flexibility index (Phi) is 9.93. The molecule has 37 heavy (non-hydrogen) atoms. The van der Waals surface area contributed by atoms with Gasteiger partial charge in [0.2, 0.25) is 5.91 Å². The molecule has 4 rings (SSSR count). The molecular formula is C26H29ClF3N3O4. The predicted octanol–water partition coefficient (Wildman–Crippen LogP) is 3.80. The molecule has 200 valence electrons. The van der Waals surface area contributed by atoms with Crippen molar-refractivity contribution in [2.24, 2.45) is 0 Å². The highest BCUT2D eigenvalue weighted by Crippen LogP contribution is 2.28. The minimum Gasteiger partial charge on any atom is -0.475 e. The first-order valence-electron chi connectivity index (χ1n) is 12.0. The van der Waals surface area contributed by atoms with E-state index in [1.165, 1.54) is 16.7 Å². The van der Waals surface area contributed by atoms with Crippen LogP contribution in [0.1, 0.15) is 45.8 Å². The van der Waals surface area contributed by atoms with E-state index in [9.17, 15) is 22.8 Å². The lowest BCUT2D eigenvalue weighted by Crippen LogP contribution is -2.43. The smallest absolute Gasteiger partial charge is 0.475 e. The Morgan fingerprint density at radius 3 is 2.19 bits per heavy atom. The van der Waals surface area contributed by atoms with Gasteiger partial charge in [-0.1, -0.05) is 29.8 Å². The number of hydrogen-bond acceptors (Lipinski definition) is 4. The maximum absolute atomic E-state index is 12.6. The van der Waals surface area contributed by atoms with E-state index in [2.05, 4.69) is 22.8 Å². The van der Waals surface area contributed by atoms with Gasteiger partial charge in [0.25, 0.3) is 5.91 Å². The average molecular weight is 540 g/mol. The topological polar surface area (TPSA) is 98.7 Å². The Balaban J connectivity index is 0.000000479. The second kappa shape index (κ2) is 12.9. The van der Waals surface area contributed by atoms with E-state index < -0.39 is 12.1 Å². The summed E-state index contributed by atoms with van der Waals surface area (Å²) < 4.78 is 31.7. The molecule has 1 saturated heterocycles. The highest BCUT2D eigenvalue weighted by Gasteiger charge is 2.38. The van der Waals surface area contributed by atoms with Gasteiger partial charge in [-0.25, -0.2) is 4.79 Å². The van der Waals surface area contributed by atoms with Crippen LogP contribution in [0.15, 0.2) is 42.5 Å². The molecule has 0 radical (unpaired) electrons. The van der Waals surface area contributed by atoms with Crippen molar-refractivity contribution in [3.63, 3.8) is 0 Å². The van der Waals surface area contributed by atoms with E-state index >= 15 is 0 Å². The molecule has 7 nitrogen and oxygen atoms in total. The Hall–Kier alpha value is -3.11. The van der Waals surface area contributed by atoms with Crippen LogP contribution in [-0.4, -0.2) is 66.7 Å². The first-order valence-corrected chi connectivity index (χ1v) is 12.4. The van der Waals surface area contributed by atoms with Crippen molar-refractivity contribution in [1.82, 2.24) is 15.5 Å². The Morgan fingerprint density at radius 1 is 1.00 bits per heavy atom. The highest BCUT2D eigenvalue weighted by molar-refractivity contribution is 6.30. The molecule has 0 spiro atoms. The summed E-state index contributed by atoms with van der Waals surface area (Å²) in [7, 11) is 0. The lowest BCUT2D eigenvalue weighted by Gasteiger charge is -2.32. The van der Waals surface area contributed by atoms with Crippen molar-refractivity contribution < 1.29 is 32.7 Å². The van der Waals surface area contributed by atoms with Gasteiger partial charge < -0.3 is 20.6 Å². The number of carboxylic acid groups (broad SMARTS) is 1. The van der Waals surface area contributed by atoms with Gasteiger partial charge in [0, 0.05) is 23.7 Å². The van der Waals surface area contributed by atoms with E-state index in [0.717, 1.165) is 43.8 Å². The number of fused-ring (bicyclic) bond motifs is 1. The van der Waals surface area contributed by atoms with Gasteiger partial charge >= 0.3 is 12.1 Å². The normalized spacial score (nSPS) is 16.1. The number of alkyl halides is 3. The molecule has 2 aromatic rings. The lowest BCUT2D eigenvalue weighted by molar-refractivity contribution is -0.192. The number of rotatable bonds is 4. The number of piperidine rings is 1. The zero-order valence-corrected chi connectivity index (χ0v) is 20.9. The number of hydrogen-bond donors (Lipinski definition) is 3. The molecule has 11 heteroatoms. The van der Waals surface area contributed by atoms with Crippen LogP contribution in [0.5, 0.6) is 0 Å². The maximum atomic E-state index is 12.6. The standard InChI is InChI=1S/C24H28ClN3O2.C2HF3O2/c25-22-5-3-17(4-6-22)19-9-13-28(14-10-19)23(29)16-27-24(30)21-2-1-18-7-11-26-12-8-20(18)15-21;3-2(4,5)1(6)7/h1-6,15,19,26H,7-14,16H2,(H,27,30);(H,6,7). The average Bonchev–Trinajstić information content (AvgIpc) is 3.12. The second-order valence-corrected chi connectivity index (χ2v) is 9.36. The number of nitrogens with zero attached hydrogens (tertiary/aromatic N) is 1. The summed E-state index contributed by atoms with van der Waals surface area (Å²) in [4.78, 5) is 35.9. The zero-order valence-electron chi connectivity index (χ0n) is 20.1. The first kappa shape index (κ1) is 28.5. The predicted molar refractivity (Wildman–Crippen MR) is 133 cm³/mol. The summed E-state index contributed by atoms with van der Waals surface area (Å²) in [6.45, 7) is 3.38. The molecule has 3 N–H and O–H groups in total. The largest absolute Gasteiger partial charge is 0.490 e. The Morgan fingerprint density at radius 2 is 1.59 bits per heavy atom. The molecule has 0 aliphatic carbocycles. The van der Waals surface area contributed by atoms with Crippen molar-refractivity contribution in [2.75, 3.05) is 32.7 Å². The summed E-state index contributed by atoms with van der Waals surface area (Å²) in [5.41, 5.74) is 4.43. The van der Waals surface area contributed by atoms with Crippen LogP contribution in [0.25, 0.3) is 0 Å². The number of benzene rings is 2. The van der Waals surface area contributed by atoms with Crippen LogP contribution in [0.3, 0.4) is 0 Å². The third-order valence-corrected chi connectivity index (χ3v) is 6.69. The monoisotopic (exact) mass is 539 g/mol. The van der Waals surface area contributed by atoms with Crippen LogP contribution < -0.4 is 10.6 Å². The van der Waals surface area contributed by atoms with Gasteiger partial charge in [-0.15, -0.1) is 0 Å². The molecule has 0 atom stereocenters. The molecule has 2 amide bonds. The Bertz CT molecular complexity index is 1100. The summed E-state index contributed by atoms with van der Waals surface area (Å²) in [5, 5.41) is 14.1. The summed E-state index contributed by atoms with van der Waals surface area (Å²) in [6.07, 6.45) is -1.31. The van der Waals surface area contributed by atoms with Gasteiger partial charge in [0.15, 0.2) is 0 Å². The Labute approximate surface area is 218 Å². The maximum Gasteiger partial charge on any atom is 0.490 e. The van der Waals surface area contributed by atoms with E-state index in [4.69, 9.17) is 21.5 Å². The third-order valence-electron chi connectivity index (χ3n) is 6.44. The molecular weight excluding hydrogens is 511 g/mol. The fourth-order valence-electron chi connectivity index (χ4n) is 4.38. The summed E-state index contributed by atoms with van der Waals surface area (Å²) in [6, 6.07) is 13.9.